The maximum absolute atomic E-state index is 11.8. The average molecular weight is 278 g/mol. The second kappa shape index (κ2) is 8.32. The predicted octanol–water partition coefficient (Wildman–Crippen LogP) is 1.17. The highest BCUT2D eigenvalue weighted by Crippen LogP contribution is 2.20. The zero-order valence-corrected chi connectivity index (χ0v) is 12.3. The molecule has 0 saturated heterocycles. The number of Topliss-reactive ketones (excluding diaryl/α,β-unsaturated/α-hetero) is 1. The molecule has 1 amide bonds. The van der Waals surface area contributed by atoms with Crippen LogP contribution in [-0.4, -0.2) is 38.4 Å². The Morgan fingerprint density at radius 3 is 2.60 bits per heavy atom. The topological polar surface area (TPSA) is 67.4 Å². The van der Waals surface area contributed by atoms with E-state index in [1.165, 1.54) is 6.92 Å². The number of carbonyl (C=O) groups is 2. The summed E-state index contributed by atoms with van der Waals surface area (Å²) in [4.78, 5) is 23.2. The molecule has 0 saturated carbocycles. The SMILES string of the molecule is CCNCCNC(=O)Cc1cc(C(C)=O)ccc1OC. The van der Waals surface area contributed by atoms with E-state index in [9.17, 15) is 9.59 Å². The molecule has 110 valence electrons. The molecule has 0 aliphatic rings. The van der Waals surface area contributed by atoms with Crippen molar-refractivity contribution in [3.8, 4) is 5.75 Å². The van der Waals surface area contributed by atoms with Crippen LogP contribution in [0.2, 0.25) is 0 Å². The van der Waals surface area contributed by atoms with Crippen molar-refractivity contribution in [2.75, 3.05) is 26.7 Å². The van der Waals surface area contributed by atoms with Gasteiger partial charge in [0.2, 0.25) is 5.91 Å². The Morgan fingerprint density at radius 2 is 2.00 bits per heavy atom. The number of hydrogen-bond donors (Lipinski definition) is 2. The van der Waals surface area contributed by atoms with Crippen molar-refractivity contribution >= 4 is 11.7 Å². The number of rotatable bonds is 8. The van der Waals surface area contributed by atoms with Gasteiger partial charge in [-0.3, -0.25) is 9.59 Å². The van der Waals surface area contributed by atoms with E-state index in [0.29, 0.717) is 17.9 Å². The zero-order chi connectivity index (χ0) is 15.0. The van der Waals surface area contributed by atoms with Gasteiger partial charge >= 0.3 is 0 Å². The summed E-state index contributed by atoms with van der Waals surface area (Å²) in [5, 5.41) is 5.95. The molecule has 1 rings (SSSR count). The maximum Gasteiger partial charge on any atom is 0.224 e. The fourth-order valence-corrected chi connectivity index (χ4v) is 1.84. The van der Waals surface area contributed by atoms with Gasteiger partial charge in [-0.1, -0.05) is 6.92 Å². The summed E-state index contributed by atoms with van der Waals surface area (Å²) in [5.41, 5.74) is 1.31. The first-order valence-electron chi connectivity index (χ1n) is 6.73. The molecule has 1 aromatic carbocycles. The van der Waals surface area contributed by atoms with Crippen LogP contribution in [0.25, 0.3) is 0 Å². The van der Waals surface area contributed by atoms with Gasteiger partial charge in [-0.15, -0.1) is 0 Å². The third-order valence-corrected chi connectivity index (χ3v) is 2.91. The minimum atomic E-state index is -0.0816. The van der Waals surface area contributed by atoms with E-state index in [4.69, 9.17) is 4.74 Å². The summed E-state index contributed by atoms with van der Waals surface area (Å²) in [6.07, 6.45) is 0.205. The van der Waals surface area contributed by atoms with Gasteiger partial charge in [0.1, 0.15) is 5.75 Å². The number of carbonyl (C=O) groups excluding carboxylic acids is 2. The van der Waals surface area contributed by atoms with Crippen LogP contribution < -0.4 is 15.4 Å². The molecule has 1 aromatic rings. The van der Waals surface area contributed by atoms with E-state index in [2.05, 4.69) is 10.6 Å². The fraction of sp³-hybridized carbons (Fsp3) is 0.467. The van der Waals surface area contributed by atoms with Crippen LogP contribution in [-0.2, 0) is 11.2 Å². The van der Waals surface area contributed by atoms with Crippen LogP contribution in [0.5, 0.6) is 5.75 Å². The number of ketones is 1. The van der Waals surface area contributed by atoms with E-state index in [0.717, 1.165) is 18.7 Å². The molecule has 5 heteroatoms. The second-order valence-electron chi connectivity index (χ2n) is 4.46. The van der Waals surface area contributed by atoms with Crippen LogP contribution in [0.3, 0.4) is 0 Å². The molecule has 0 aliphatic carbocycles. The summed E-state index contributed by atoms with van der Waals surface area (Å²) < 4.78 is 5.22. The van der Waals surface area contributed by atoms with Gasteiger partial charge in [0.05, 0.1) is 13.5 Å². The Hall–Kier alpha value is -1.88. The highest BCUT2D eigenvalue weighted by Gasteiger charge is 2.11. The summed E-state index contributed by atoms with van der Waals surface area (Å²) in [6, 6.07) is 5.14. The van der Waals surface area contributed by atoms with E-state index in [1.807, 2.05) is 6.92 Å². The zero-order valence-electron chi connectivity index (χ0n) is 12.3. The van der Waals surface area contributed by atoms with Crippen molar-refractivity contribution in [3.63, 3.8) is 0 Å². The van der Waals surface area contributed by atoms with Crippen LogP contribution in [0.15, 0.2) is 18.2 Å². The Labute approximate surface area is 119 Å². The van der Waals surface area contributed by atoms with Crippen molar-refractivity contribution in [2.24, 2.45) is 0 Å². The molecule has 0 spiro atoms. The molecule has 0 fully saturated rings. The van der Waals surface area contributed by atoms with Gasteiger partial charge in [0, 0.05) is 24.2 Å². The summed E-state index contributed by atoms with van der Waals surface area (Å²) >= 11 is 0. The predicted molar refractivity (Wildman–Crippen MR) is 78.3 cm³/mol. The summed E-state index contributed by atoms with van der Waals surface area (Å²) in [5.74, 6) is 0.514. The molecule has 0 bridgehead atoms. The number of benzene rings is 1. The molecule has 5 nitrogen and oxygen atoms in total. The normalized spacial score (nSPS) is 10.2. The van der Waals surface area contributed by atoms with Crippen LogP contribution in [0.4, 0.5) is 0 Å². The number of methoxy groups -OCH3 is 1. The first-order chi connectivity index (χ1) is 9.58. The number of nitrogens with one attached hydrogen (secondary N) is 2. The van der Waals surface area contributed by atoms with Crippen LogP contribution in [0.1, 0.15) is 29.8 Å². The number of likely N-dealkylation sites (N-methyl/N-ethyl adjacent to an activating group) is 1. The minimum absolute atomic E-state index is 0.0264. The third-order valence-electron chi connectivity index (χ3n) is 2.91. The standard InChI is InChI=1S/C15H22N2O3/c1-4-16-7-8-17-15(19)10-13-9-12(11(2)18)5-6-14(13)20-3/h5-6,9,16H,4,7-8,10H2,1-3H3,(H,17,19). The summed E-state index contributed by atoms with van der Waals surface area (Å²) in [7, 11) is 1.55. The van der Waals surface area contributed by atoms with Gasteiger partial charge in [-0.2, -0.15) is 0 Å². The molecule has 0 aliphatic heterocycles. The molecule has 0 radical (unpaired) electrons. The molecule has 20 heavy (non-hydrogen) atoms. The first kappa shape index (κ1) is 16.2. The fourth-order valence-electron chi connectivity index (χ4n) is 1.84. The third kappa shape index (κ3) is 5.01. The van der Waals surface area contributed by atoms with Gasteiger partial charge in [-0.25, -0.2) is 0 Å². The maximum atomic E-state index is 11.8. The Bertz CT molecular complexity index is 472. The highest BCUT2D eigenvalue weighted by atomic mass is 16.5. The van der Waals surface area contributed by atoms with Crippen LogP contribution in [0, 0.1) is 0 Å². The smallest absolute Gasteiger partial charge is 0.224 e. The van der Waals surface area contributed by atoms with E-state index >= 15 is 0 Å². The lowest BCUT2D eigenvalue weighted by molar-refractivity contribution is -0.120. The Kier molecular flexibility index (Phi) is 6.73. The lowest BCUT2D eigenvalue weighted by Crippen LogP contribution is -2.32. The molecular weight excluding hydrogens is 256 g/mol. The lowest BCUT2D eigenvalue weighted by Gasteiger charge is -2.10. The average Bonchev–Trinajstić information content (AvgIpc) is 2.43. The Morgan fingerprint density at radius 1 is 1.25 bits per heavy atom. The number of ether oxygens (including phenoxy) is 1. The van der Waals surface area contributed by atoms with Crippen molar-refractivity contribution < 1.29 is 14.3 Å². The van der Waals surface area contributed by atoms with E-state index in [-0.39, 0.29) is 18.1 Å². The monoisotopic (exact) mass is 278 g/mol. The quantitative estimate of drug-likeness (QED) is 0.553. The van der Waals surface area contributed by atoms with Gasteiger partial charge < -0.3 is 15.4 Å². The largest absolute Gasteiger partial charge is 0.496 e. The molecule has 0 heterocycles. The second-order valence-corrected chi connectivity index (χ2v) is 4.46. The van der Waals surface area contributed by atoms with Crippen molar-refractivity contribution in [1.29, 1.82) is 0 Å². The first-order valence-corrected chi connectivity index (χ1v) is 6.73. The van der Waals surface area contributed by atoms with E-state index < -0.39 is 0 Å². The van der Waals surface area contributed by atoms with Gasteiger partial charge in [0.15, 0.2) is 5.78 Å². The van der Waals surface area contributed by atoms with Gasteiger partial charge in [0.25, 0.3) is 0 Å². The van der Waals surface area contributed by atoms with Crippen molar-refractivity contribution in [1.82, 2.24) is 10.6 Å². The van der Waals surface area contributed by atoms with Crippen LogP contribution >= 0.6 is 0 Å². The molecule has 0 atom stereocenters. The summed E-state index contributed by atoms with van der Waals surface area (Å²) in [6.45, 7) is 5.72. The minimum Gasteiger partial charge on any atom is -0.496 e. The van der Waals surface area contributed by atoms with E-state index in [1.54, 1.807) is 25.3 Å². The molecule has 2 N–H and O–H groups in total. The van der Waals surface area contributed by atoms with Crippen molar-refractivity contribution in [2.45, 2.75) is 20.3 Å². The molecule has 0 aromatic heterocycles. The Balaban J connectivity index is 2.67. The number of hydrogen-bond acceptors (Lipinski definition) is 4. The lowest BCUT2D eigenvalue weighted by atomic mass is 10.0. The van der Waals surface area contributed by atoms with Crippen molar-refractivity contribution in [3.05, 3.63) is 29.3 Å². The number of amides is 1. The van der Waals surface area contributed by atoms with Gasteiger partial charge in [-0.05, 0) is 31.7 Å². The molecule has 0 unspecified atom stereocenters. The molecular formula is C15H22N2O3. The highest BCUT2D eigenvalue weighted by molar-refractivity contribution is 5.94.